The molecule has 0 atom stereocenters. The standard InChI is InChI=1S/C9H7O/c1-7-3-2-4-9-8(7)5-6-10-9/h2-5H,1H3. The molecule has 2 rings (SSSR count). The molecule has 1 aromatic carbocycles. The van der Waals surface area contributed by atoms with Crippen LogP contribution in [-0.2, 0) is 0 Å². The topological polar surface area (TPSA) is 13.1 Å². The lowest BCUT2D eigenvalue weighted by molar-refractivity contribution is 0.606. The molecule has 1 heterocycles. The van der Waals surface area contributed by atoms with Crippen molar-refractivity contribution in [2.24, 2.45) is 0 Å². The van der Waals surface area contributed by atoms with Gasteiger partial charge in [-0.2, -0.15) is 0 Å². The molecule has 0 unspecified atom stereocenters. The molecule has 0 bridgehead atoms. The van der Waals surface area contributed by atoms with Gasteiger partial charge in [0.05, 0.1) is 0 Å². The Balaban J connectivity index is 2.95. The van der Waals surface area contributed by atoms with Crippen molar-refractivity contribution in [3.05, 3.63) is 36.1 Å². The molecule has 0 fully saturated rings. The zero-order valence-electron chi connectivity index (χ0n) is 5.72. The molecule has 1 nitrogen and oxygen atoms in total. The third-order valence-corrected chi connectivity index (χ3v) is 1.66. The van der Waals surface area contributed by atoms with E-state index in [4.69, 9.17) is 4.42 Å². The SMILES string of the molecule is Cc1cccc2o[c]cc12. The van der Waals surface area contributed by atoms with Crippen LogP contribution in [0.5, 0.6) is 0 Å². The molecule has 49 valence electrons. The Morgan fingerprint density at radius 3 is 3.10 bits per heavy atom. The van der Waals surface area contributed by atoms with Crippen LogP contribution in [0.1, 0.15) is 5.56 Å². The van der Waals surface area contributed by atoms with Crippen LogP contribution in [0.2, 0.25) is 0 Å². The highest BCUT2D eigenvalue weighted by Crippen LogP contribution is 2.17. The summed E-state index contributed by atoms with van der Waals surface area (Å²) in [4.78, 5) is 0. The third-order valence-electron chi connectivity index (χ3n) is 1.66. The second-order valence-electron chi connectivity index (χ2n) is 2.35. The molecule has 1 heteroatoms. The molecule has 0 N–H and O–H groups in total. The highest BCUT2D eigenvalue weighted by molar-refractivity contribution is 5.80. The number of aryl methyl sites for hydroxylation is 1. The van der Waals surface area contributed by atoms with Gasteiger partial charge in [-0.3, -0.25) is 0 Å². The van der Waals surface area contributed by atoms with Gasteiger partial charge in [0, 0.05) is 5.39 Å². The summed E-state index contributed by atoms with van der Waals surface area (Å²) in [6, 6.07) is 7.85. The van der Waals surface area contributed by atoms with Crippen LogP contribution < -0.4 is 0 Å². The quantitative estimate of drug-likeness (QED) is 0.535. The van der Waals surface area contributed by atoms with Gasteiger partial charge in [-0.25, -0.2) is 0 Å². The number of hydrogen-bond acceptors (Lipinski definition) is 1. The second-order valence-corrected chi connectivity index (χ2v) is 2.35. The molecule has 0 aliphatic rings. The highest BCUT2D eigenvalue weighted by atomic mass is 16.3. The van der Waals surface area contributed by atoms with Gasteiger partial charge >= 0.3 is 0 Å². The van der Waals surface area contributed by atoms with Gasteiger partial charge < -0.3 is 4.42 Å². The summed E-state index contributed by atoms with van der Waals surface area (Å²) in [5.74, 6) is 0. The Hall–Kier alpha value is -1.24. The van der Waals surface area contributed by atoms with Crippen molar-refractivity contribution in [3.63, 3.8) is 0 Å². The van der Waals surface area contributed by atoms with Gasteiger partial charge in [0.2, 0.25) is 0 Å². The first-order chi connectivity index (χ1) is 4.88. The fourth-order valence-electron chi connectivity index (χ4n) is 1.08. The van der Waals surface area contributed by atoms with Crippen LogP contribution in [-0.4, -0.2) is 0 Å². The van der Waals surface area contributed by atoms with E-state index < -0.39 is 0 Å². The van der Waals surface area contributed by atoms with Crippen LogP contribution in [0.15, 0.2) is 28.7 Å². The summed E-state index contributed by atoms with van der Waals surface area (Å²) in [6.45, 7) is 2.06. The van der Waals surface area contributed by atoms with Crippen molar-refractivity contribution >= 4 is 11.0 Å². The molecule has 0 aliphatic carbocycles. The van der Waals surface area contributed by atoms with Crippen molar-refractivity contribution in [2.45, 2.75) is 6.92 Å². The second kappa shape index (κ2) is 1.87. The summed E-state index contributed by atoms with van der Waals surface area (Å²) in [5.41, 5.74) is 2.16. The van der Waals surface area contributed by atoms with Crippen molar-refractivity contribution < 1.29 is 4.42 Å². The number of benzene rings is 1. The van der Waals surface area contributed by atoms with Gasteiger partial charge in [0.25, 0.3) is 0 Å². The van der Waals surface area contributed by atoms with Gasteiger partial charge in [-0.05, 0) is 24.6 Å². The molecular formula is C9H7O. The lowest BCUT2D eigenvalue weighted by Crippen LogP contribution is -1.69. The van der Waals surface area contributed by atoms with E-state index in [0.717, 1.165) is 11.0 Å². The normalized spacial score (nSPS) is 10.5. The van der Waals surface area contributed by atoms with Crippen LogP contribution in [0, 0.1) is 13.2 Å². The van der Waals surface area contributed by atoms with Gasteiger partial charge in [-0.15, -0.1) is 0 Å². The van der Waals surface area contributed by atoms with Gasteiger partial charge in [-0.1, -0.05) is 12.1 Å². The minimum Gasteiger partial charge on any atom is -0.453 e. The van der Waals surface area contributed by atoms with E-state index >= 15 is 0 Å². The Morgan fingerprint density at radius 2 is 2.30 bits per heavy atom. The monoisotopic (exact) mass is 131 g/mol. The maximum atomic E-state index is 5.07. The Morgan fingerprint density at radius 1 is 1.40 bits per heavy atom. The minimum absolute atomic E-state index is 0.917. The van der Waals surface area contributed by atoms with Gasteiger partial charge in [0.15, 0.2) is 6.26 Å². The predicted octanol–water partition coefficient (Wildman–Crippen LogP) is 2.54. The Kier molecular flexibility index (Phi) is 1.04. The predicted molar refractivity (Wildman–Crippen MR) is 39.8 cm³/mol. The summed E-state index contributed by atoms with van der Waals surface area (Å²) in [5, 5.41) is 1.16. The molecule has 0 amide bonds. The minimum atomic E-state index is 0.917. The largest absolute Gasteiger partial charge is 0.453 e. The number of rotatable bonds is 0. The zero-order valence-corrected chi connectivity index (χ0v) is 5.72. The Bertz CT molecular complexity index is 346. The first kappa shape index (κ1) is 5.54. The van der Waals surface area contributed by atoms with E-state index in [1.54, 1.807) is 0 Å². The molecule has 10 heavy (non-hydrogen) atoms. The maximum absolute atomic E-state index is 5.07. The molecule has 2 aromatic rings. The Labute approximate surface area is 59.3 Å². The smallest absolute Gasteiger partial charge is 0.170 e. The summed E-state index contributed by atoms with van der Waals surface area (Å²) >= 11 is 0. The van der Waals surface area contributed by atoms with Crippen molar-refractivity contribution in [2.75, 3.05) is 0 Å². The fourth-order valence-corrected chi connectivity index (χ4v) is 1.08. The van der Waals surface area contributed by atoms with E-state index in [2.05, 4.69) is 19.3 Å². The number of furan rings is 1. The van der Waals surface area contributed by atoms with E-state index in [0.29, 0.717) is 0 Å². The highest BCUT2D eigenvalue weighted by Gasteiger charge is 1.96. The summed E-state index contributed by atoms with van der Waals surface area (Å²) in [6.07, 6.45) is 2.70. The van der Waals surface area contributed by atoms with Crippen molar-refractivity contribution in [1.82, 2.24) is 0 Å². The fraction of sp³-hybridized carbons (Fsp3) is 0.111. The molecule has 0 saturated heterocycles. The third kappa shape index (κ3) is 0.637. The lowest BCUT2D eigenvalue weighted by atomic mass is 10.1. The maximum Gasteiger partial charge on any atom is 0.170 e. The molecule has 1 radical (unpaired) electrons. The van der Waals surface area contributed by atoms with E-state index in [1.165, 1.54) is 5.56 Å². The van der Waals surface area contributed by atoms with Crippen LogP contribution in [0.3, 0.4) is 0 Å². The number of fused-ring (bicyclic) bond motifs is 1. The molecule has 0 saturated carbocycles. The first-order valence-corrected chi connectivity index (χ1v) is 3.23. The van der Waals surface area contributed by atoms with E-state index in [1.807, 2.05) is 18.2 Å². The van der Waals surface area contributed by atoms with E-state index in [-0.39, 0.29) is 0 Å². The van der Waals surface area contributed by atoms with Crippen LogP contribution >= 0.6 is 0 Å². The molecule has 0 spiro atoms. The zero-order chi connectivity index (χ0) is 6.97. The lowest BCUT2D eigenvalue weighted by Gasteiger charge is -1.90. The average Bonchev–Trinajstić information content (AvgIpc) is 2.36. The van der Waals surface area contributed by atoms with Crippen molar-refractivity contribution in [1.29, 1.82) is 0 Å². The van der Waals surface area contributed by atoms with Crippen molar-refractivity contribution in [3.8, 4) is 0 Å². The number of hydrogen-bond donors (Lipinski definition) is 0. The summed E-state index contributed by atoms with van der Waals surface area (Å²) < 4.78 is 5.07. The molecular weight excluding hydrogens is 124 g/mol. The van der Waals surface area contributed by atoms with Gasteiger partial charge in [0.1, 0.15) is 5.58 Å². The first-order valence-electron chi connectivity index (χ1n) is 3.23. The average molecular weight is 131 g/mol. The molecule has 1 aromatic heterocycles. The molecule has 0 aliphatic heterocycles. The van der Waals surface area contributed by atoms with Crippen LogP contribution in [0.4, 0.5) is 0 Å². The summed E-state index contributed by atoms with van der Waals surface area (Å²) in [7, 11) is 0. The van der Waals surface area contributed by atoms with Crippen LogP contribution in [0.25, 0.3) is 11.0 Å². The van der Waals surface area contributed by atoms with E-state index in [9.17, 15) is 0 Å².